The van der Waals surface area contributed by atoms with Crippen LogP contribution in [0, 0.1) is 5.92 Å². The van der Waals surface area contributed by atoms with Crippen molar-refractivity contribution in [1.82, 2.24) is 4.90 Å². The Balaban J connectivity index is 3.69. The van der Waals surface area contributed by atoms with E-state index >= 15 is 0 Å². The monoisotopic (exact) mass is 189 g/mol. The van der Waals surface area contributed by atoms with Crippen LogP contribution in [0.1, 0.15) is 20.8 Å². The number of nitrogens with zero attached hydrogens (tertiary/aromatic N) is 1. The molecule has 0 fully saturated rings. The van der Waals surface area contributed by atoms with E-state index in [4.69, 9.17) is 9.84 Å². The number of aliphatic hydroxyl groups excluding tert-OH is 1. The van der Waals surface area contributed by atoms with Gasteiger partial charge in [-0.1, -0.05) is 13.8 Å². The molecule has 0 bridgehead atoms. The van der Waals surface area contributed by atoms with Gasteiger partial charge in [-0.15, -0.1) is 0 Å². The average molecular weight is 189 g/mol. The lowest BCUT2D eigenvalue weighted by atomic mass is 10.2. The van der Waals surface area contributed by atoms with Crippen LogP contribution in [-0.2, 0) is 4.74 Å². The molecule has 78 valence electrons. The summed E-state index contributed by atoms with van der Waals surface area (Å²) in [5.41, 5.74) is 0. The second-order valence-electron chi connectivity index (χ2n) is 3.70. The number of carbonyl (C=O) groups excluding carboxylic acids is 1. The maximum absolute atomic E-state index is 11.2. The van der Waals surface area contributed by atoms with Crippen LogP contribution in [0.5, 0.6) is 0 Å². The minimum Gasteiger partial charge on any atom is -0.449 e. The third-order valence-corrected chi connectivity index (χ3v) is 1.39. The van der Waals surface area contributed by atoms with Gasteiger partial charge >= 0.3 is 6.09 Å². The lowest BCUT2D eigenvalue weighted by Crippen LogP contribution is -2.34. The highest BCUT2D eigenvalue weighted by Crippen LogP contribution is 1.97. The summed E-state index contributed by atoms with van der Waals surface area (Å²) in [6.07, 6.45) is -0.897. The number of hydrogen-bond acceptors (Lipinski definition) is 3. The minimum absolute atomic E-state index is 0.303. The fraction of sp³-hybridized carbons (Fsp3) is 0.889. The predicted octanol–water partition coefficient (Wildman–Crippen LogP) is 1.09. The van der Waals surface area contributed by atoms with Crippen LogP contribution in [0.2, 0.25) is 0 Å². The van der Waals surface area contributed by atoms with Crippen molar-refractivity contribution in [2.75, 3.05) is 20.2 Å². The van der Waals surface area contributed by atoms with Crippen molar-refractivity contribution >= 4 is 6.09 Å². The molecule has 1 unspecified atom stereocenters. The van der Waals surface area contributed by atoms with Gasteiger partial charge in [0.2, 0.25) is 0 Å². The third-order valence-electron chi connectivity index (χ3n) is 1.39. The Morgan fingerprint density at radius 2 is 2.00 bits per heavy atom. The maximum atomic E-state index is 11.2. The number of amides is 1. The van der Waals surface area contributed by atoms with E-state index in [1.54, 1.807) is 14.0 Å². The van der Waals surface area contributed by atoms with Crippen LogP contribution in [0.25, 0.3) is 0 Å². The lowest BCUT2D eigenvalue weighted by molar-refractivity contribution is 0.0805. The van der Waals surface area contributed by atoms with Gasteiger partial charge in [0.05, 0.1) is 12.7 Å². The van der Waals surface area contributed by atoms with Crippen LogP contribution in [0.3, 0.4) is 0 Å². The van der Waals surface area contributed by atoms with Crippen molar-refractivity contribution in [3.8, 4) is 0 Å². The van der Waals surface area contributed by atoms with Crippen molar-refractivity contribution in [3.63, 3.8) is 0 Å². The molecule has 1 amide bonds. The lowest BCUT2D eigenvalue weighted by Gasteiger charge is -2.18. The summed E-state index contributed by atoms with van der Waals surface area (Å²) < 4.78 is 4.94. The summed E-state index contributed by atoms with van der Waals surface area (Å²) in [5.74, 6) is 0.337. The van der Waals surface area contributed by atoms with Crippen LogP contribution >= 0.6 is 0 Å². The number of aliphatic hydroxyl groups is 1. The van der Waals surface area contributed by atoms with E-state index in [0.717, 1.165) is 0 Å². The predicted molar refractivity (Wildman–Crippen MR) is 50.5 cm³/mol. The molecule has 0 spiro atoms. The van der Waals surface area contributed by atoms with Crippen molar-refractivity contribution in [1.29, 1.82) is 0 Å². The molecule has 1 N–H and O–H groups in total. The van der Waals surface area contributed by atoms with Gasteiger partial charge in [-0.2, -0.15) is 0 Å². The zero-order chi connectivity index (χ0) is 10.4. The van der Waals surface area contributed by atoms with Crippen LogP contribution in [0.4, 0.5) is 4.79 Å². The fourth-order valence-electron chi connectivity index (χ4n) is 0.819. The SMILES string of the molecule is CC(C)COC(=O)N(C)CC(C)O. The first-order chi connectivity index (χ1) is 5.93. The Hall–Kier alpha value is -0.770. The molecule has 0 aromatic carbocycles. The molecule has 0 aliphatic rings. The highest BCUT2D eigenvalue weighted by Gasteiger charge is 2.12. The van der Waals surface area contributed by atoms with Crippen molar-refractivity contribution in [2.45, 2.75) is 26.9 Å². The Labute approximate surface area is 79.5 Å². The first-order valence-electron chi connectivity index (χ1n) is 4.49. The van der Waals surface area contributed by atoms with E-state index in [1.165, 1.54) is 4.90 Å². The minimum atomic E-state index is -0.517. The Bertz CT molecular complexity index is 157. The summed E-state index contributed by atoms with van der Waals surface area (Å²) in [5, 5.41) is 9.00. The maximum Gasteiger partial charge on any atom is 0.409 e. The third kappa shape index (κ3) is 6.40. The first-order valence-corrected chi connectivity index (χ1v) is 4.49. The molecule has 4 nitrogen and oxygen atoms in total. The molecule has 0 heterocycles. The number of rotatable bonds is 4. The normalized spacial score (nSPS) is 12.8. The highest BCUT2D eigenvalue weighted by molar-refractivity contribution is 5.67. The molecule has 0 aromatic heterocycles. The smallest absolute Gasteiger partial charge is 0.409 e. The van der Waals surface area contributed by atoms with Crippen LogP contribution in [0.15, 0.2) is 0 Å². The van der Waals surface area contributed by atoms with Gasteiger partial charge in [0.15, 0.2) is 0 Å². The molecular weight excluding hydrogens is 170 g/mol. The molecule has 0 aliphatic carbocycles. The number of carbonyl (C=O) groups is 1. The van der Waals surface area contributed by atoms with Crippen molar-refractivity contribution in [3.05, 3.63) is 0 Å². The number of likely N-dealkylation sites (N-methyl/N-ethyl adjacent to an activating group) is 1. The summed E-state index contributed by atoms with van der Waals surface area (Å²) in [6, 6.07) is 0. The van der Waals surface area contributed by atoms with E-state index in [0.29, 0.717) is 19.1 Å². The molecular formula is C9H19NO3. The number of hydrogen-bond donors (Lipinski definition) is 1. The molecule has 4 heteroatoms. The Morgan fingerprint density at radius 1 is 1.46 bits per heavy atom. The molecule has 0 rings (SSSR count). The Morgan fingerprint density at radius 3 is 2.38 bits per heavy atom. The molecule has 0 radical (unpaired) electrons. The van der Waals surface area contributed by atoms with E-state index in [-0.39, 0.29) is 6.09 Å². The largest absolute Gasteiger partial charge is 0.449 e. The molecule has 0 aliphatic heterocycles. The molecule has 0 aromatic rings. The van der Waals surface area contributed by atoms with Crippen molar-refractivity contribution < 1.29 is 14.6 Å². The van der Waals surface area contributed by atoms with Crippen LogP contribution < -0.4 is 0 Å². The van der Waals surface area contributed by atoms with E-state index < -0.39 is 6.10 Å². The average Bonchev–Trinajstić information content (AvgIpc) is 1.98. The highest BCUT2D eigenvalue weighted by atomic mass is 16.6. The van der Waals surface area contributed by atoms with Gasteiger partial charge in [0, 0.05) is 13.6 Å². The van der Waals surface area contributed by atoms with Gasteiger partial charge in [0.1, 0.15) is 0 Å². The summed E-state index contributed by atoms with van der Waals surface area (Å²) in [6.45, 7) is 6.30. The Kier molecular flexibility index (Phi) is 5.46. The van der Waals surface area contributed by atoms with E-state index in [1.807, 2.05) is 13.8 Å². The fourth-order valence-corrected chi connectivity index (χ4v) is 0.819. The zero-order valence-electron chi connectivity index (χ0n) is 8.78. The second-order valence-corrected chi connectivity index (χ2v) is 3.70. The second kappa shape index (κ2) is 5.80. The number of ether oxygens (including phenoxy) is 1. The van der Waals surface area contributed by atoms with Gasteiger partial charge < -0.3 is 14.7 Å². The van der Waals surface area contributed by atoms with E-state index in [9.17, 15) is 4.79 Å². The van der Waals surface area contributed by atoms with Crippen molar-refractivity contribution in [2.24, 2.45) is 5.92 Å². The quantitative estimate of drug-likeness (QED) is 0.720. The van der Waals surface area contributed by atoms with Gasteiger partial charge in [-0.25, -0.2) is 4.79 Å². The summed E-state index contributed by atoms with van der Waals surface area (Å²) in [4.78, 5) is 12.5. The topological polar surface area (TPSA) is 49.8 Å². The van der Waals surface area contributed by atoms with Gasteiger partial charge in [0.25, 0.3) is 0 Å². The first kappa shape index (κ1) is 12.2. The molecule has 13 heavy (non-hydrogen) atoms. The van der Waals surface area contributed by atoms with Crippen LogP contribution in [-0.4, -0.2) is 42.4 Å². The summed E-state index contributed by atoms with van der Waals surface area (Å²) in [7, 11) is 1.61. The molecule has 0 saturated carbocycles. The van der Waals surface area contributed by atoms with Gasteiger partial charge in [-0.3, -0.25) is 0 Å². The standard InChI is InChI=1S/C9H19NO3/c1-7(2)6-13-9(12)10(4)5-8(3)11/h7-8,11H,5-6H2,1-4H3. The van der Waals surface area contributed by atoms with E-state index in [2.05, 4.69) is 0 Å². The van der Waals surface area contributed by atoms with Gasteiger partial charge in [-0.05, 0) is 12.8 Å². The molecule has 0 saturated heterocycles. The summed E-state index contributed by atoms with van der Waals surface area (Å²) >= 11 is 0. The molecule has 1 atom stereocenters. The zero-order valence-corrected chi connectivity index (χ0v) is 8.78.